The molecular formula is C47H35N. The van der Waals surface area contributed by atoms with E-state index in [0.29, 0.717) is 0 Å². The predicted octanol–water partition coefficient (Wildman–Crippen LogP) is 13.1. The first kappa shape index (κ1) is 28.3. The van der Waals surface area contributed by atoms with Crippen LogP contribution in [0, 0.1) is 0 Å². The van der Waals surface area contributed by atoms with E-state index in [4.69, 9.17) is 0 Å². The smallest absolute Gasteiger partial charge is 0.0540 e. The minimum atomic E-state index is -0.181. The Labute approximate surface area is 282 Å². The Kier molecular flexibility index (Phi) is 6.55. The highest BCUT2D eigenvalue weighted by atomic mass is 15.1. The van der Waals surface area contributed by atoms with Gasteiger partial charge in [-0.05, 0) is 84.9 Å². The molecule has 0 saturated carbocycles. The number of hydrogen-bond donors (Lipinski definition) is 0. The van der Waals surface area contributed by atoms with Crippen LogP contribution in [0.1, 0.15) is 25.0 Å². The second-order valence-corrected chi connectivity index (χ2v) is 13.3. The highest BCUT2D eigenvalue weighted by Crippen LogP contribution is 2.55. The second-order valence-electron chi connectivity index (χ2n) is 13.3. The van der Waals surface area contributed by atoms with E-state index < -0.39 is 0 Å². The van der Waals surface area contributed by atoms with Crippen LogP contribution in [0.3, 0.4) is 0 Å². The summed E-state index contributed by atoms with van der Waals surface area (Å²) in [7, 11) is 0. The van der Waals surface area contributed by atoms with E-state index in [-0.39, 0.29) is 5.41 Å². The van der Waals surface area contributed by atoms with Gasteiger partial charge in [0, 0.05) is 16.5 Å². The van der Waals surface area contributed by atoms with Gasteiger partial charge >= 0.3 is 0 Å². The van der Waals surface area contributed by atoms with E-state index in [0.717, 1.165) is 5.69 Å². The Hall–Kier alpha value is -5.92. The Balaban J connectivity index is 1.38. The minimum Gasteiger partial charge on any atom is -0.309 e. The number of rotatable bonds is 5. The zero-order valence-electron chi connectivity index (χ0n) is 27.2. The maximum Gasteiger partial charge on any atom is 0.0540 e. The highest BCUT2D eigenvalue weighted by molar-refractivity contribution is 6.08. The van der Waals surface area contributed by atoms with E-state index in [2.05, 4.69) is 195 Å². The summed E-state index contributed by atoms with van der Waals surface area (Å²) in [6, 6.07) is 64.4. The van der Waals surface area contributed by atoms with Crippen molar-refractivity contribution in [1.29, 1.82) is 0 Å². The summed E-state index contributed by atoms with van der Waals surface area (Å²) in [6.45, 7) is 4.76. The SMILES string of the molecule is CC1(C)c2ccccc2-c2cccc(N(c3cc(-c4ccccc4)c4ccccc4c3)c3ccc(-c4ccccc4)c4ccccc34)c21. The van der Waals surface area contributed by atoms with Gasteiger partial charge in [0.25, 0.3) is 0 Å². The molecule has 0 saturated heterocycles. The molecule has 0 atom stereocenters. The quantitative estimate of drug-likeness (QED) is 0.187. The first-order valence-corrected chi connectivity index (χ1v) is 16.8. The normalized spacial score (nSPS) is 13.0. The lowest BCUT2D eigenvalue weighted by atomic mass is 9.81. The molecule has 0 radical (unpaired) electrons. The van der Waals surface area contributed by atoms with Crippen molar-refractivity contribution < 1.29 is 0 Å². The lowest BCUT2D eigenvalue weighted by Gasteiger charge is -2.33. The van der Waals surface area contributed by atoms with Gasteiger partial charge < -0.3 is 4.90 Å². The van der Waals surface area contributed by atoms with Crippen LogP contribution in [0.2, 0.25) is 0 Å². The van der Waals surface area contributed by atoms with Crippen LogP contribution in [0.15, 0.2) is 176 Å². The minimum absolute atomic E-state index is 0.181. The number of hydrogen-bond acceptors (Lipinski definition) is 1. The lowest BCUT2D eigenvalue weighted by molar-refractivity contribution is 0.661. The molecule has 1 heteroatoms. The molecule has 0 spiro atoms. The summed E-state index contributed by atoms with van der Waals surface area (Å²) in [6.07, 6.45) is 0. The summed E-state index contributed by atoms with van der Waals surface area (Å²) in [4.78, 5) is 2.53. The monoisotopic (exact) mass is 613 g/mol. The van der Waals surface area contributed by atoms with Gasteiger partial charge in [0.05, 0.1) is 11.4 Å². The highest BCUT2D eigenvalue weighted by Gasteiger charge is 2.39. The Morgan fingerprint density at radius 2 is 1.00 bits per heavy atom. The molecule has 228 valence electrons. The van der Waals surface area contributed by atoms with Crippen molar-refractivity contribution in [3.05, 3.63) is 187 Å². The summed E-state index contributed by atoms with van der Waals surface area (Å²) in [5, 5.41) is 4.94. The molecule has 0 fully saturated rings. The van der Waals surface area contributed by atoms with Crippen LogP contribution in [-0.4, -0.2) is 0 Å². The van der Waals surface area contributed by atoms with Gasteiger partial charge in [0.2, 0.25) is 0 Å². The number of nitrogens with zero attached hydrogens (tertiary/aromatic N) is 1. The molecule has 0 unspecified atom stereocenters. The second kappa shape index (κ2) is 11.1. The van der Waals surface area contributed by atoms with Gasteiger partial charge in [-0.2, -0.15) is 0 Å². The van der Waals surface area contributed by atoms with Crippen molar-refractivity contribution in [2.75, 3.05) is 4.90 Å². The van der Waals surface area contributed by atoms with Crippen LogP contribution in [0.5, 0.6) is 0 Å². The molecule has 0 heterocycles. The topological polar surface area (TPSA) is 3.24 Å². The molecule has 8 aromatic carbocycles. The van der Waals surface area contributed by atoms with Crippen molar-refractivity contribution in [3.8, 4) is 33.4 Å². The number of benzene rings is 8. The third-order valence-electron chi connectivity index (χ3n) is 10.2. The fourth-order valence-corrected chi connectivity index (χ4v) is 8.04. The summed E-state index contributed by atoms with van der Waals surface area (Å²) in [5.74, 6) is 0. The summed E-state index contributed by atoms with van der Waals surface area (Å²) >= 11 is 0. The molecule has 1 aliphatic carbocycles. The zero-order chi connectivity index (χ0) is 32.2. The maximum atomic E-state index is 2.53. The fraction of sp³-hybridized carbons (Fsp3) is 0.0638. The molecule has 1 aliphatic rings. The molecular weight excluding hydrogens is 579 g/mol. The molecule has 8 aromatic rings. The van der Waals surface area contributed by atoms with Crippen LogP contribution in [0.4, 0.5) is 17.1 Å². The lowest BCUT2D eigenvalue weighted by Crippen LogP contribution is -2.21. The van der Waals surface area contributed by atoms with Gasteiger partial charge in [-0.15, -0.1) is 0 Å². The molecule has 48 heavy (non-hydrogen) atoms. The Morgan fingerprint density at radius 3 is 1.77 bits per heavy atom. The van der Waals surface area contributed by atoms with Crippen molar-refractivity contribution in [2.45, 2.75) is 19.3 Å². The van der Waals surface area contributed by atoms with E-state index in [1.165, 1.54) is 77.4 Å². The van der Waals surface area contributed by atoms with Crippen LogP contribution >= 0.6 is 0 Å². The zero-order valence-corrected chi connectivity index (χ0v) is 27.2. The average molecular weight is 614 g/mol. The molecule has 0 N–H and O–H groups in total. The molecule has 0 amide bonds. The number of fused-ring (bicyclic) bond motifs is 5. The Bertz CT molecular complexity index is 2470. The first-order valence-electron chi connectivity index (χ1n) is 16.8. The average Bonchev–Trinajstić information content (AvgIpc) is 3.39. The van der Waals surface area contributed by atoms with E-state index in [1.54, 1.807) is 0 Å². The van der Waals surface area contributed by atoms with Crippen molar-refractivity contribution in [2.24, 2.45) is 0 Å². The van der Waals surface area contributed by atoms with Gasteiger partial charge in [0.15, 0.2) is 0 Å². The van der Waals surface area contributed by atoms with E-state index in [1.807, 2.05) is 0 Å². The third kappa shape index (κ3) is 4.39. The van der Waals surface area contributed by atoms with Gasteiger partial charge in [-0.1, -0.05) is 166 Å². The standard InChI is InChI=1S/C47H35N/c1-47(2)43-26-14-13-23-39(43)41-25-15-27-45(46(41)47)48(35-30-34-20-9-10-21-36(34)42(31-35)33-18-7-4-8-19-33)44-29-28-37(32-16-5-3-6-17-32)38-22-11-12-24-40(38)44/h3-31H,1-2H3. The first-order chi connectivity index (χ1) is 23.6. The van der Waals surface area contributed by atoms with E-state index >= 15 is 0 Å². The van der Waals surface area contributed by atoms with Gasteiger partial charge in [-0.3, -0.25) is 0 Å². The van der Waals surface area contributed by atoms with Crippen LogP contribution in [0.25, 0.3) is 54.9 Å². The predicted molar refractivity (Wildman–Crippen MR) is 205 cm³/mol. The van der Waals surface area contributed by atoms with Gasteiger partial charge in [-0.25, -0.2) is 0 Å². The summed E-state index contributed by atoms with van der Waals surface area (Å²) < 4.78 is 0. The summed E-state index contributed by atoms with van der Waals surface area (Å²) in [5.41, 5.74) is 13.6. The maximum absolute atomic E-state index is 2.53. The van der Waals surface area contributed by atoms with Crippen molar-refractivity contribution >= 4 is 38.6 Å². The fourth-order valence-electron chi connectivity index (χ4n) is 8.04. The van der Waals surface area contributed by atoms with Crippen LogP contribution in [-0.2, 0) is 5.41 Å². The molecule has 9 rings (SSSR count). The number of anilines is 3. The van der Waals surface area contributed by atoms with Crippen LogP contribution < -0.4 is 4.90 Å². The van der Waals surface area contributed by atoms with Crippen molar-refractivity contribution in [1.82, 2.24) is 0 Å². The third-order valence-corrected chi connectivity index (χ3v) is 10.2. The molecule has 0 bridgehead atoms. The van der Waals surface area contributed by atoms with Crippen molar-refractivity contribution in [3.63, 3.8) is 0 Å². The van der Waals surface area contributed by atoms with Gasteiger partial charge in [0.1, 0.15) is 0 Å². The van der Waals surface area contributed by atoms with E-state index in [9.17, 15) is 0 Å². The molecule has 1 nitrogen and oxygen atoms in total. The Morgan fingerprint density at radius 1 is 0.396 bits per heavy atom. The molecule has 0 aliphatic heterocycles. The molecule has 0 aromatic heterocycles. The largest absolute Gasteiger partial charge is 0.309 e.